The zero-order chi connectivity index (χ0) is 12.3. The molecule has 0 aromatic heterocycles. The summed E-state index contributed by atoms with van der Waals surface area (Å²) in [4.78, 5) is 11.9. The molecule has 1 aliphatic carbocycles. The summed E-state index contributed by atoms with van der Waals surface area (Å²) >= 11 is 0. The molecule has 94 valence electrons. The number of hydrogen-bond acceptors (Lipinski definition) is 3. The van der Waals surface area contributed by atoms with Crippen LogP contribution in [0.25, 0.3) is 0 Å². The third-order valence-electron chi connectivity index (χ3n) is 3.30. The lowest BCUT2D eigenvalue weighted by molar-refractivity contribution is -0.126. The van der Waals surface area contributed by atoms with E-state index in [4.69, 9.17) is 10.5 Å². The molecule has 1 rings (SSSR count). The summed E-state index contributed by atoms with van der Waals surface area (Å²) in [5, 5.41) is 3.00. The molecule has 1 fully saturated rings. The summed E-state index contributed by atoms with van der Waals surface area (Å²) in [5.41, 5.74) is 5.70. The second-order valence-electron chi connectivity index (χ2n) is 5.66. The fourth-order valence-corrected chi connectivity index (χ4v) is 2.04. The molecule has 1 saturated carbocycles. The standard InChI is InChI=1S/C12H24N2O2/c1-12(2,3)10(13)11(15)14-8-6-5-7-9(8)16-4/h8-10H,5-7,13H2,1-4H3,(H,14,15)/t8?,9?,10-/m1/s1. The van der Waals surface area contributed by atoms with Crippen molar-refractivity contribution in [3.8, 4) is 0 Å². The molecule has 0 radical (unpaired) electrons. The highest BCUT2D eigenvalue weighted by atomic mass is 16.5. The van der Waals surface area contributed by atoms with E-state index < -0.39 is 6.04 Å². The maximum atomic E-state index is 11.9. The molecule has 0 spiro atoms. The fourth-order valence-electron chi connectivity index (χ4n) is 2.04. The molecule has 16 heavy (non-hydrogen) atoms. The highest BCUT2D eigenvalue weighted by molar-refractivity contribution is 5.82. The van der Waals surface area contributed by atoms with Crippen molar-refractivity contribution in [2.45, 2.75) is 58.2 Å². The number of amides is 1. The summed E-state index contributed by atoms with van der Waals surface area (Å²) in [6.07, 6.45) is 3.26. The lowest BCUT2D eigenvalue weighted by atomic mass is 9.87. The number of rotatable bonds is 3. The lowest BCUT2D eigenvalue weighted by Gasteiger charge is -2.28. The Morgan fingerprint density at radius 1 is 1.44 bits per heavy atom. The topological polar surface area (TPSA) is 64.3 Å². The van der Waals surface area contributed by atoms with Gasteiger partial charge in [-0.2, -0.15) is 0 Å². The summed E-state index contributed by atoms with van der Waals surface area (Å²) in [6, 6.07) is -0.337. The molecule has 1 amide bonds. The Bertz CT molecular complexity index is 248. The second kappa shape index (κ2) is 5.15. The van der Waals surface area contributed by atoms with Gasteiger partial charge in [0.05, 0.1) is 18.2 Å². The normalized spacial score (nSPS) is 27.8. The average molecular weight is 228 g/mol. The van der Waals surface area contributed by atoms with Gasteiger partial charge < -0.3 is 15.8 Å². The molecule has 1 aliphatic rings. The molecule has 3 N–H and O–H groups in total. The quantitative estimate of drug-likeness (QED) is 0.758. The monoisotopic (exact) mass is 228 g/mol. The van der Waals surface area contributed by atoms with Gasteiger partial charge in [0.15, 0.2) is 0 Å². The van der Waals surface area contributed by atoms with Gasteiger partial charge in [0.1, 0.15) is 0 Å². The molecule has 4 heteroatoms. The van der Waals surface area contributed by atoms with E-state index in [0.717, 1.165) is 19.3 Å². The Labute approximate surface area is 97.9 Å². The van der Waals surface area contributed by atoms with Gasteiger partial charge in [-0.3, -0.25) is 4.79 Å². The summed E-state index contributed by atoms with van der Waals surface area (Å²) in [7, 11) is 1.69. The van der Waals surface area contributed by atoms with Crippen LogP contribution in [0.3, 0.4) is 0 Å². The molecule has 0 aromatic rings. The van der Waals surface area contributed by atoms with Crippen LogP contribution in [0.4, 0.5) is 0 Å². The summed E-state index contributed by atoms with van der Waals surface area (Å²) in [6.45, 7) is 5.92. The highest BCUT2D eigenvalue weighted by Gasteiger charge is 2.33. The number of nitrogens with two attached hydrogens (primary N) is 1. The third kappa shape index (κ3) is 3.19. The van der Waals surface area contributed by atoms with Crippen molar-refractivity contribution in [2.24, 2.45) is 11.1 Å². The maximum absolute atomic E-state index is 11.9. The van der Waals surface area contributed by atoms with Crippen molar-refractivity contribution in [2.75, 3.05) is 7.11 Å². The number of nitrogens with one attached hydrogen (secondary N) is 1. The van der Waals surface area contributed by atoms with E-state index in [1.165, 1.54) is 0 Å². The van der Waals surface area contributed by atoms with E-state index in [2.05, 4.69) is 5.32 Å². The molecular formula is C12H24N2O2. The first-order chi connectivity index (χ1) is 7.36. The van der Waals surface area contributed by atoms with E-state index >= 15 is 0 Å². The van der Waals surface area contributed by atoms with Crippen LogP contribution >= 0.6 is 0 Å². The lowest BCUT2D eigenvalue weighted by Crippen LogP contribution is -2.53. The van der Waals surface area contributed by atoms with Gasteiger partial charge in [-0.15, -0.1) is 0 Å². The first-order valence-electron chi connectivity index (χ1n) is 5.95. The van der Waals surface area contributed by atoms with E-state index in [9.17, 15) is 4.79 Å². The van der Waals surface area contributed by atoms with Crippen LogP contribution in [-0.2, 0) is 9.53 Å². The van der Waals surface area contributed by atoms with Crippen molar-refractivity contribution in [1.29, 1.82) is 0 Å². The molecular weight excluding hydrogens is 204 g/mol. The van der Waals surface area contributed by atoms with Crippen molar-refractivity contribution in [3.05, 3.63) is 0 Å². The van der Waals surface area contributed by atoms with Gasteiger partial charge in [-0.05, 0) is 24.7 Å². The minimum Gasteiger partial charge on any atom is -0.379 e. The first kappa shape index (κ1) is 13.5. The molecule has 0 saturated heterocycles. The zero-order valence-electron chi connectivity index (χ0n) is 10.7. The molecule has 0 bridgehead atoms. The van der Waals surface area contributed by atoms with E-state index in [1.54, 1.807) is 7.11 Å². The Morgan fingerprint density at radius 3 is 2.56 bits per heavy atom. The van der Waals surface area contributed by atoms with Gasteiger partial charge >= 0.3 is 0 Å². The van der Waals surface area contributed by atoms with Gasteiger partial charge in [-0.25, -0.2) is 0 Å². The SMILES string of the molecule is COC1CCCC1NC(=O)[C@@H](N)C(C)(C)C. The molecule has 0 heterocycles. The highest BCUT2D eigenvalue weighted by Crippen LogP contribution is 2.23. The van der Waals surface area contributed by atoms with E-state index in [-0.39, 0.29) is 23.5 Å². The summed E-state index contributed by atoms with van der Waals surface area (Å²) in [5.74, 6) is -0.0681. The van der Waals surface area contributed by atoms with Crippen LogP contribution in [0.2, 0.25) is 0 Å². The number of carbonyl (C=O) groups is 1. The summed E-state index contributed by atoms with van der Waals surface area (Å²) < 4.78 is 5.33. The maximum Gasteiger partial charge on any atom is 0.237 e. The second-order valence-corrected chi connectivity index (χ2v) is 5.66. The van der Waals surface area contributed by atoms with Crippen molar-refractivity contribution in [1.82, 2.24) is 5.32 Å². The number of carbonyl (C=O) groups excluding carboxylic acids is 1. The molecule has 4 nitrogen and oxygen atoms in total. The molecule has 0 aromatic carbocycles. The van der Waals surface area contributed by atoms with Crippen LogP contribution in [0, 0.1) is 5.41 Å². The van der Waals surface area contributed by atoms with Crippen molar-refractivity contribution < 1.29 is 9.53 Å². The van der Waals surface area contributed by atoms with Crippen LogP contribution in [-0.4, -0.2) is 31.2 Å². The third-order valence-corrected chi connectivity index (χ3v) is 3.30. The van der Waals surface area contributed by atoms with Crippen molar-refractivity contribution >= 4 is 5.91 Å². The van der Waals surface area contributed by atoms with Gasteiger partial charge in [-0.1, -0.05) is 20.8 Å². The van der Waals surface area contributed by atoms with Crippen LogP contribution < -0.4 is 11.1 Å². The Morgan fingerprint density at radius 2 is 2.06 bits per heavy atom. The van der Waals surface area contributed by atoms with E-state index in [1.807, 2.05) is 20.8 Å². The number of hydrogen-bond donors (Lipinski definition) is 2. The molecule has 2 unspecified atom stereocenters. The minimum atomic E-state index is -0.467. The smallest absolute Gasteiger partial charge is 0.237 e. The van der Waals surface area contributed by atoms with Gasteiger partial charge in [0.2, 0.25) is 5.91 Å². The zero-order valence-corrected chi connectivity index (χ0v) is 10.7. The minimum absolute atomic E-state index is 0.0681. The van der Waals surface area contributed by atoms with Crippen LogP contribution in [0.15, 0.2) is 0 Å². The largest absolute Gasteiger partial charge is 0.379 e. The number of ether oxygens (including phenoxy) is 1. The average Bonchev–Trinajstić information content (AvgIpc) is 2.62. The Kier molecular flexibility index (Phi) is 4.33. The predicted molar refractivity (Wildman–Crippen MR) is 64.0 cm³/mol. The van der Waals surface area contributed by atoms with Crippen LogP contribution in [0.1, 0.15) is 40.0 Å². The predicted octanol–water partition coefficient (Wildman–Crippen LogP) is 1.04. The van der Waals surface area contributed by atoms with Crippen LogP contribution in [0.5, 0.6) is 0 Å². The van der Waals surface area contributed by atoms with Gasteiger partial charge in [0.25, 0.3) is 0 Å². The Balaban J connectivity index is 2.51. The fraction of sp³-hybridized carbons (Fsp3) is 0.917. The van der Waals surface area contributed by atoms with Gasteiger partial charge in [0, 0.05) is 7.11 Å². The molecule has 0 aliphatic heterocycles. The Hall–Kier alpha value is -0.610. The first-order valence-corrected chi connectivity index (χ1v) is 5.95. The van der Waals surface area contributed by atoms with E-state index in [0.29, 0.717) is 0 Å². The molecule has 3 atom stereocenters. The number of methoxy groups -OCH3 is 1. The van der Waals surface area contributed by atoms with Crippen molar-refractivity contribution in [3.63, 3.8) is 0 Å².